The van der Waals surface area contributed by atoms with Crippen LogP contribution in [0.25, 0.3) is 5.69 Å². The van der Waals surface area contributed by atoms with Crippen LogP contribution in [0.4, 0.5) is 0 Å². The Bertz CT molecular complexity index is 540. The number of unbranched alkanes of at least 4 members (excludes halogenated alkanes) is 5. The van der Waals surface area contributed by atoms with E-state index < -0.39 is 0 Å². The van der Waals surface area contributed by atoms with Crippen molar-refractivity contribution in [1.29, 1.82) is 0 Å². The van der Waals surface area contributed by atoms with Crippen molar-refractivity contribution in [2.45, 2.75) is 71.8 Å². The van der Waals surface area contributed by atoms with Crippen molar-refractivity contribution in [3.05, 3.63) is 48.5 Å². The minimum absolute atomic E-state index is 0.523. The van der Waals surface area contributed by atoms with Gasteiger partial charge in [-0.05, 0) is 25.0 Å². The van der Waals surface area contributed by atoms with Crippen molar-refractivity contribution < 1.29 is 4.57 Å². The molecule has 2 aromatic rings. The van der Waals surface area contributed by atoms with Gasteiger partial charge in [0.05, 0.1) is 12.5 Å². The molecule has 1 aromatic heterocycles. The number of aromatic nitrogens is 2. The second-order valence-electron chi connectivity index (χ2n) is 6.48. The third-order valence-corrected chi connectivity index (χ3v) is 4.24. The van der Waals surface area contributed by atoms with Gasteiger partial charge in [0.25, 0.3) is 5.82 Å². The smallest absolute Gasteiger partial charge is 0.234 e. The number of aryl methyl sites for hydroxylation is 1. The molecule has 0 amide bonds. The second-order valence-corrected chi connectivity index (χ2v) is 6.48. The van der Waals surface area contributed by atoms with Gasteiger partial charge in [0, 0.05) is 0 Å². The molecule has 0 N–H and O–H groups in total. The van der Waals surface area contributed by atoms with Crippen molar-refractivity contribution in [3.8, 4) is 5.69 Å². The van der Waals surface area contributed by atoms with Gasteiger partial charge in [0.15, 0.2) is 0 Å². The summed E-state index contributed by atoms with van der Waals surface area (Å²) in [6, 6.07) is 10.7. The summed E-state index contributed by atoms with van der Waals surface area (Å²) in [4.78, 5) is 0. The molecule has 0 saturated heterocycles. The fraction of sp³-hybridized carbons (Fsp3) is 0.550. The summed E-state index contributed by atoms with van der Waals surface area (Å²) in [6.07, 6.45) is 12.6. The van der Waals surface area contributed by atoms with E-state index in [1.807, 2.05) is 0 Å². The van der Waals surface area contributed by atoms with E-state index in [1.54, 1.807) is 0 Å². The first-order valence-corrected chi connectivity index (χ1v) is 8.90. The Morgan fingerprint density at radius 3 is 2.32 bits per heavy atom. The third-order valence-electron chi connectivity index (χ3n) is 4.24. The van der Waals surface area contributed by atoms with Crippen LogP contribution in [-0.4, -0.2) is 4.57 Å². The zero-order valence-corrected chi connectivity index (χ0v) is 14.5. The summed E-state index contributed by atoms with van der Waals surface area (Å²) in [5, 5.41) is 0. The van der Waals surface area contributed by atoms with E-state index in [0.717, 1.165) is 6.54 Å². The van der Waals surface area contributed by atoms with Crippen LogP contribution < -0.4 is 4.57 Å². The Kier molecular flexibility index (Phi) is 6.70. The van der Waals surface area contributed by atoms with Crippen molar-refractivity contribution >= 4 is 0 Å². The third kappa shape index (κ3) is 4.46. The number of para-hydroxylation sites is 1. The van der Waals surface area contributed by atoms with Crippen LogP contribution in [0.2, 0.25) is 0 Å². The van der Waals surface area contributed by atoms with Gasteiger partial charge >= 0.3 is 0 Å². The highest BCUT2D eigenvalue weighted by Crippen LogP contribution is 2.16. The summed E-state index contributed by atoms with van der Waals surface area (Å²) in [5.74, 6) is 1.93. The van der Waals surface area contributed by atoms with Crippen LogP contribution >= 0.6 is 0 Å². The lowest BCUT2D eigenvalue weighted by Gasteiger charge is -2.08. The van der Waals surface area contributed by atoms with Gasteiger partial charge < -0.3 is 0 Å². The number of hydrogen-bond donors (Lipinski definition) is 0. The van der Waals surface area contributed by atoms with E-state index in [0.29, 0.717) is 5.92 Å². The van der Waals surface area contributed by atoms with Crippen LogP contribution in [0.1, 0.15) is 71.0 Å². The molecule has 0 saturated carbocycles. The number of hydrogen-bond acceptors (Lipinski definition) is 0. The molecule has 0 atom stereocenters. The Balaban J connectivity index is 2.01. The maximum atomic E-state index is 2.44. The van der Waals surface area contributed by atoms with E-state index in [9.17, 15) is 0 Å². The maximum Gasteiger partial charge on any atom is 0.264 e. The van der Waals surface area contributed by atoms with Gasteiger partial charge in [-0.15, -0.1) is 0 Å². The van der Waals surface area contributed by atoms with E-state index >= 15 is 0 Å². The summed E-state index contributed by atoms with van der Waals surface area (Å²) < 4.78 is 4.78. The van der Waals surface area contributed by atoms with Gasteiger partial charge in [-0.25, -0.2) is 4.57 Å². The Morgan fingerprint density at radius 2 is 1.64 bits per heavy atom. The monoisotopic (exact) mass is 299 g/mol. The van der Waals surface area contributed by atoms with Gasteiger partial charge in [0.1, 0.15) is 18.1 Å². The van der Waals surface area contributed by atoms with Crippen LogP contribution in [0, 0.1) is 0 Å². The normalized spacial score (nSPS) is 11.3. The molecule has 0 spiro atoms. The number of rotatable bonds is 9. The van der Waals surface area contributed by atoms with Crippen molar-refractivity contribution in [1.82, 2.24) is 4.57 Å². The van der Waals surface area contributed by atoms with E-state index in [-0.39, 0.29) is 0 Å². The second kappa shape index (κ2) is 8.77. The van der Waals surface area contributed by atoms with Crippen LogP contribution in [0.3, 0.4) is 0 Å². The quantitative estimate of drug-likeness (QED) is 0.442. The Hall–Kier alpha value is -1.57. The van der Waals surface area contributed by atoms with Crippen LogP contribution in [0.5, 0.6) is 0 Å². The number of nitrogens with zero attached hydrogens (tertiary/aromatic N) is 2. The standard InChI is InChI=1S/C20H31N2/c1-4-5-6-7-8-12-15-21-16-17-22(20(21)18(2)3)19-13-10-9-11-14-19/h9-11,13-14,16-18H,4-8,12,15H2,1-3H3/q+1. The molecule has 0 fully saturated rings. The fourth-order valence-electron chi connectivity index (χ4n) is 3.11. The first-order valence-electron chi connectivity index (χ1n) is 8.90. The minimum atomic E-state index is 0.523. The van der Waals surface area contributed by atoms with Crippen LogP contribution in [0.15, 0.2) is 42.7 Å². The van der Waals surface area contributed by atoms with E-state index in [2.05, 4.69) is 72.6 Å². The molecule has 120 valence electrons. The highest BCUT2D eigenvalue weighted by Gasteiger charge is 2.21. The zero-order chi connectivity index (χ0) is 15.8. The minimum Gasteiger partial charge on any atom is -0.234 e. The molecule has 0 unspecified atom stereocenters. The Labute approximate surface area is 135 Å². The van der Waals surface area contributed by atoms with Gasteiger partial charge in [-0.1, -0.05) is 64.7 Å². The number of imidazole rings is 1. The molecule has 0 aliphatic carbocycles. The predicted octanol–water partition coefficient (Wildman–Crippen LogP) is 5.25. The molecule has 0 aliphatic rings. The summed E-state index contributed by atoms with van der Waals surface area (Å²) in [7, 11) is 0. The molecular weight excluding hydrogens is 268 g/mol. The SMILES string of the molecule is CCCCCCCC[n+]1ccn(-c2ccccc2)c1C(C)C. The fourth-order valence-corrected chi connectivity index (χ4v) is 3.11. The molecule has 2 nitrogen and oxygen atoms in total. The average Bonchev–Trinajstić information content (AvgIpc) is 2.96. The predicted molar refractivity (Wildman–Crippen MR) is 93.4 cm³/mol. The molecule has 2 heteroatoms. The first kappa shape index (κ1) is 16.8. The highest BCUT2D eigenvalue weighted by molar-refractivity contribution is 5.32. The molecule has 22 heavy (non-hydrogen) atoms. The molecule has 1 heterocycles. The molecule has 0 radical (unpaired) electrons. The molecule has 0 bridgehead atoms. The lowest BCUT2D eigenvalue weighted by atomic mass is 10.1. The van der Waals surface area contributed by atoms with Crippen molar-refractivity contribution in [2.75, 3.05) is 0 Å². The summed E-state index contributed by atoms with van der Waals surface area (Å²) in [6.45, 7) is 7.98. The lowest BCUT2D eigenvalue weighted by Crippen LogP contribution is -2.37. The Morgan fingerprint density at radius 1 is 0.955 bits per heavy atom. The van der Waals surface area contributed by atoms with E-state index in [4.69, 9.17) is 0 Å². The molecular formula is C20H31N2+. The maximum absolute atomic E-state index is 2.44. The molecule has 1 aromatic carbocycles. The van der Waals surface area contributed by atoms with Crippen LogP contribution in [-0.2, 0) is 6.54 Å². The lowest BCUT2D eigenvalue weighted by molar-refractivity contribution is -0.705. The van der Waals surface area contributed by atoms with Gasteiger partial charge in [-0.3, -0.25) is 0 Å². The van der Waals surface area contributed by atoms with Crippen molar-refractivity contribution in [2.24, 2.45) is 0 Å². The van der Waals surface area contributed by atoms with Crippen molar-refractivity contribution in [3.63, 3.8) is 0 Å². The topological polar surface area (TPSA) is 8.81 Å². The largest absolute Gasteiger partial charge is 0.264 e. The van der Waals surface area contributed by atoms with Gasteiger partial charge in [-0.2, -0.15) is 4.57 Å². The van der Waals surface area contributed by atoms with Gasteiger partial charge in [0.2, 0.25) is 0 Å². The first-order chi connectivity index (χ1) is 10.7. The molecule has 0 aliphatic heterocycles. The highest BCUT2D eigenvalue weighted by atomic mass is 15.2. The summed E-state index contributed by atoms with van der Waals surface area (Å²) >= 11 is 0. The number of benzene rings is 1. The average molecular weight is 299 g/mol. The zero-order valence-electron chi connectivity index (χ0n) is 14.5. The van der Waals surface area contributed by atoms with E-state index in [1.165, 1.54) is 50.0 Å². The summed E-state index contributed by atoms with van der Waals surface area (Å²) in [5.41, 5.74) is 1.26. The molecule has 2 rings (SSSR count).